The summed E-state index contributed by atoms with van der Waals surface area (Å²) in [4.78, 5) is 19.0. The number of rotatable bonds is 9. The fourth-order valence-electron chi connectivity index (χ4n) is 3.04. The topological polar surface area (TPSA) is 119 Å². The number of sulfone groups is 1. The van der Waals surface area contributed by atoms with Gasteiger partial charge in [0.25, 0.3) is 0 Å². The summed E-state index contributed by atoms with van der Waals surface area (Å²) in [6.07, 6.45) is 1.59. The zero-order valence-electron chi connectivity index (χ0n) is 18.5. The largest absolute Gasteiger partial charge is 0.475 e. The first kappa shape index (κ1) is 25.4. The average molecular weight is 472 g/mol. The molecule has 2 aromatic rings. The van der Waals surface area contributed by atoms with Gasteiger partial charge >= 0.3 is 7.60 Å². The van der Waals surface area contributed by atoms with Crippen LogP contribution in [0.3, 0.4) is 0 Å². The molecule has 0 amide bonds. The van der Waals surface area contributed by atoms with Gasteiger partial charge in [0, 0.05) is 13.4 Å². The quantitative estimate of drug-likeness (QED) is 0.420. The normalized spacial score (nSPS) is 12.6. The molecule has 0 spiro atoms. The third-order valence-corrected chi connectivity index (χ3v) is 7.47. The van der Waals surface area contributed by atoms with Crippen LogP contribution in [0.25, 0.3) is 0 Å². The molecule has 8 nitrogen and oxygen atoms in total. The van der Waals surface area contributed by atoms with Crippen molar-refractivity contribution in [2.45, 2.75) is 44.4 Å². The van der Waals surface area contributed by atoms with Gasteiger partial charge < -0.3 is 24.0 Å². The van der Waals surface area contributed by atoms with Gasteiger partial charge in [-0.25, -0.2) is 8.42 Å². The lowest BCUT2D eigenvalue weighted by atomic mass is 9.95. The standard InChI is InChI=1S/C21H29O8PS/c1-14-9-17(29-21(3,4)30(22,23)24)10-15(2)18(14)11-16-7-8-19(28-13-27-5)20(12-16)31(6,25)26/h7-10,12H,11,13H2,1-6H3,(H2,22,23,24). The summed E-state index contributed by atoms with van der Waals surface area (Å²) < 4.78 is 51.9. The zero-order chi connectivity index (χ0) is 23.6. The molecule has 0 atom stereocenters. The Bertz CT molecular complexity index is 1080. The van der Waals surface area contributed by atoms with Gasteiger partial charge in [0.1, 0.15) is 16.4 Å². The van der Waals surface area contributed by atoms with Gasteiger partial charge in [0.15, 0.2) is 16.6 Å². The number of ether oxygens (including phenoxy) is 3. The first-order valence-corrected chi connectivity index (χ1v) is 13.0. The fourth-order valence-corrected chi connectivity index (χ4v) is 4.12. The van der Waals surface area contributed by atoms with Crippen molar-refractivity contribution in [2.24, 2.45) is 0 Å². The maximum absolute atomic E-state index is 12.2. The van der Waals surface area contributed by atoms with Crippen LogP contribution in [0.1, 0.15) is 36.1 Å². The van der Waals surface area contributed by atoms with Crippen LogP contribution in [0, 0.1) is 13.8 Å². The minimum Gasteiger partial charge on any atom is -0.475 e. The molecule has 31 heavy (non-hydrogen) atoms. The highest BCUT2D eigenvalue weighted by Gasteiger charge is 2.40. The minimum atomic E-state index is -4.47. The summed E-state index contributed by atoms with van der Waals surface area (Å²) >= 11 is 0. The Morgan fingerprint density at radius 3 is 2.13 bits per heavy atom. The lowest BCUT2D eigenvalue weighted by molar-refractivity contribution is 0.0490. The van der Waals surface area contributed by atoms with Crippen molar-refractivity contribution in [3.63, 3.8) is 0 Å². The van der Waals surface area contributed by atoms with E-state index >= 15 is 0 Å². The van der Waals surface area contributed by atoms with Gasteiger partial charge in [-0.15, -0.1) is 0 Å². The number of methoxy groups -OCH3 is 1. The molecule has 0 aliphatic rings. The molecule has 2 rings (SSSR count). The van der Waals surface area contributed by atoms with Crippen LogP contribution in [-0.2, 0) is 25.6 Å². The molecule has 0 saturated carbocycles. The monoisotopic (exact) mass is 472 g/mol. The summed E-state index contributed by atoms with van der Waals surface area (Å²) in [7, 11) is -6.53. The first-order chi connectivity index (χ1) is 14.2. The van der Waals surface area contributed by atoms with E-state index in [0.717, 1.165) is 28.5 Å². The minimum absolute atomic E-state index is 0.0630. The lowest BCUT2D eigenvalue weighted by Gasteiger charge is -2.27. The Balaban J connectivity index is 2.38. The molecule has 0 bridgehead atoms. The fraction of sp³-hybridized carbons (Fsp3) is 0.429. The van der Waals surface area contributed by atoms with Crippen LogP contribution in [0.5, 0.6) is 11.5 Å². The Morgan fingerprint density at radius 2 is 1.65 bits per heavy atom. The van der Waals surface area contributed by atoms with E-state index in [9.17, 15) is 22.8 Å². The smallest absolute Gasteiger partial charge is 0.368 e. The van der Waals surface area contributed by atoms with Gasteiger partial charge in [-0.05, 0) is 80.6 Å². The SMILES string of the molecule is COCOc1ccc(Cc2c(C)cc(OC(C)(C)P(=O)(O)O)cc2C)cc1S(C)(=O)=O. The van der Waals surface area contributed by atoms with E-state index < -0.39 is 22.8 Å². The average Bonchev–Trinajstić information content (AvgIpc) is 2.61. The van der Waals surface area contributed by atoms with Crippen molar-refractivity contribution in [1.29, 1.82) is 0 Å². The molecule has 0 heterocycles. The highest BCUT2D eigenvalue weighted by molar-refractivity contribution is 7.90. The van der Waals surface area contributed by atoms with Crippen LogP contribution in [0.4, 0.5) is 0 Å². The third-order valence-electron chi connectivity index (χ3n) is 4.86. The molecule has 0 unspecified atom stereocenters. The van der Waals surface area contributed by atoms with E-state index in [1.165, 1.54) is 21.0 Å². The highest BCUT2D eigenvalue weighted by atomic mass is 32.2. The van der Waals surface area contributed by atoms with Crippen molar-refractivity contribution in [1.82, 2.24) is 0 Å². The maximum Gasteiger partial charge on any atom is 0.368 e. The van der Waals surface area contributed by atoms with Gasteiger partial charge in [0.05, 0.1) is 0 Å². The molecule has 0 aliphatic heterocycles. The van der Waals surface area contributed by atoms with Gasteiger partial charge in [-0.1, -0.05) is 6.07 Å². The predicted octanol–water partition coefficient (Wildman–Crippen LogP) is 3.57. The molecule has 0 saturated heterocycles. The summed E-state index contributed by atoms with van der Waals surface area (Å²) in [5.41, 5.74) is 3.46. The number of aryl methyl sites for hydroxylation is 2. The summed E-state index contributed by atoms with van der Waals surface area (Å²) in [5, 5.41) is -1.66. The molecular weight excluding hydrogens is 443 g/mol. The van der Waals surface area contributed by atoms with Crippen molar-refractivity contribution >= 4 is 17.4 Å². The molecule has 0 radical (unpaired) electrons. The van der Waals surface area contributed by atoms with Crippen LogP contribution >= 0.6 is 7.60 Å². The molecule has 2 N–H and O–H groups in total. The molecule has 10 heteroatoms. The Morgan fingerprint density at radius 1 is 1.06 bits per heavy atom. The number of hydrogen-bond donors (Lipinski definition) is 2. The van der Waals surface area contributed by atoms with Crippen molar-refractivity contribution in [3.8, 4) is 11.5 Å². The molecule has 2 aromatic carbocycles. The Kier molecular flexibility index (Phi) is 7.61. The van der Waals surface area contributed by atoms with Crippen LogP contribution in [0.15, 0.2) is 35.2 Å². The van der Waals surface area contributed by atoms with E-state index in [4.69, 9.17) is 14.2 Å². The molecular formula is C21H29O8PS. The molecule has 0 fully saturated rings. The lowest BCUT2D eigenvalue weighted by Crippen LogP contribution is -2.28. The van der Waals surface area contributed by atoms with Crippen molar-refractivity contribution in [3.05, 3.63) is 52.6 Å². The molecule has 0 aliphatic carbocycles. The van der Waals surface area contributed by atoms with Crippen molar-refractivity contribution < 1.29 is 37.0 Å². The predicted molar refractivity (Wildman–Crippen MR) is 118 cm³/mol. The summed E-state index contributed by atoms with van der Waals surface area (Å²) in [6.45, 7) is 6.35. The highest BCUT2D eigenvalue weighted by Crippen LogP contribution is 2.50. The number of benzene rings is 2. The molecule has 172 valence electrons. The van der Waals surface area contributed by atoms with Crippen LogP contribution in [0.2, 0.25) is 0 Å². The number of hydrogen-bond acceptors (Lipinski definition) is 6. The summed E-state index contributed by atoms with van der Waals surface area (Å²) in [6, 6.07) is 8.41. The second-order valence-electron chi connectivity index (χ2n) is 7.91. The van der Waals surface area contributed by atoms with Gasteiger partial charge in [-0.3, -0.25) is 4.57 Å². The zero-order valence-corrected chi connectivity index (χ0v) is 20.2. The van der Waals surface area contributed by atoms with Crippen LogP contribution in [-0.4, -0.2) is 43.7 Å². The van der Waals surface area contributed by atoms with Crippen LogP contribution < -0.4 is 9.47 Å². The Labute approximate surface area is 183 Å². The van der Waals surface area contributed by atoms with Gasteiger partial charge in [-0.2, -0.15) is 0 Å². The van der Waals surface area contributed by atoms with Crippen molar-refractivity contribution in [2.75, 3.05) is 20.2 Å². The second kappa shape index (κ2) is 9.30. The second-order valence-corrected chi connectivity index (χ2v) is 12.1. The first-order valence-electron chi connectivity index (χ1n) is 9.45. The van der Waals surface area contributed by atoms with Gasteiger partial charge in [0.2, 0.25) is 5.34 Å². The van der Waals surface area contributed by atoms with E-state index in [-0.39, 0.29) is 17.4 Å². The van der Waals surface area contributed by atoms with E-state index in [1.54, 1.807) is 30.3 Å². The molecule has 0 aromatic heterocycles. The van der Waals surface area contributed by atoms with E-state index in [2.05, 4.69) is 0 Å². The van der Waals surface area contributed by atoms with E-state index in [0.29, 0.717) is 12.2 Å². The Hall–Kier alpha value is -1.90. The van der Waals surface area contributed by atoms with E-state index in [1.807, 2.05) is 13.8 Å². The third kappa shape index (κ3) is 6.30. The summed E-state index contributed by atoms with van der Waals surface area (Å²) in [5.74, 6) is 0.581. The maximum atomic E-state index is 12.2.